The zero-order chi connectivity index (χ0) is 24.3. The Kier molecular flexibility index (Phi) is 6.53. The summed E-state index contributed by atoms with van der Waals surface area (Å²) in [5.74, 6) is -1.23. The molecule has 2 bridgehead atoms. The molecule has 0 spiro atoms. The lowest BCUT2D eigenvalue weighted by atomic mass is 9.81. The number of halogens is 3. The molecule has 2 aromatic carbocycles. The fraction of sp³-hybridized carbons (Fsp3) is 0.423. The van der Waals surface area contributed by atoms with E-state index in [2.05, 4.69) is 53.1 Å². The summed E-state index contributed by atoms with van der Waals surface area (Å²) in [5.41, 5.74) is 3.56. The third kappa shape index (κ3) is 3.90. The normalized spacial score (nSPS) is 30.6. The molecule has 8 heteroatoms. The smallest absolute Gasteiger partial charge is 0.248 e. The van der Waals surface area contributed by atoms with E-state index in [0.29, 0.717) is 5.69 Å². The van der Waals surface area contributed by atoms with E-state index in [0.717, 1.165) is 27.6 Å². The molecule has 3 fully saturated rings. The molecule has 34 heavy (non-hydrogen) atoms. The second-order valence-electron chi connectivity index (χ2n) is 9.67. The van der Waals surface area contributed by atoms with E-state index < -0.39 is 6.04 Å². The lowest BCUT2D eigenvalue weighted by molar-refractivity contribution is -0.147. The summed E-state index contributed by atoms with van der Waals surface area (Å²) in [4.78, 5) is 42.6. The summed E-state index contributed by atoms with van der Waals surface area (Å²) in [6.07, 6.45) is 1.14. The number of rotatable bonds is 5. The molecule has 3 aliphatic rings. The van der Waals surface area contributed by atoms with Gasteiger partial charge in [-0.3, -0.25) is 19.3 Å². The van der Waals surface area contributed by atoms with Gasteiger partial charge in [-0.1, -0.05) is 78.1 Å². The number of imide groups is 1. The van der Waals surface area contributed by atoms with Crippen LogP contribution in [-0.2, 0) is 20.8 Å². The Bertz CT molecular complexity index is 1120. The Hall–Kier alpha value is -1.51. The van der Waals surface area contributed by atoms with E-state index in [9.17, 15) is 14.4 Å². The van der Waals surface area contributed by atoms with Crippen LogP contribution in [-0.4, -0.2) is 38.3 Å². The van der Waals surface area contributed by atoms with E-state index in [1.54, 1.807) is 0 Å². The van der Waals surface area contributed by atoms with Crippen LogP contribution in [0.2, 0.25) is 0 Å². The molecule has 0 aromatic heterocycles. The van der Waals surface area contributed by atoms with Crippen LogP contribution in [0.3, 0.4) is 0 Å². The second kappa shape index (κ2) is 9.17. The largest absolute Gasteiger partial charge is 0.324 e. The molecule has 0 radical (unpaired) electrons. The summed E-state index contributed by atoms with van der Waals surface area (Å²) in [7, 11) is 0. The predicted octanol–water partition coefficient (Wildman–Crippen LogP) is 5.39. The molecule has 1 heterocycles. The van der Waals surface area contributed by atoms with Crippen LogP contribution in [0.4, 0.5) is 5.69 Å². The quantitative estimate of drug-likeness (QED) is 0.348. The Morgan fingerprint density at radius 2 is 1.53 bits per heavy atom. The lowest BCUT2D eigenvalue weighted by Crippen LogP contribution is -2.49. The molecular weight excluding hydrogens is 628 g/mol. The minimum Gasteiger partial charge on any atom is -0.324 e. The summed E-state index contributed by atoms with van der Waals surface area (Å²) in [5, 5.41) is 2.99. The molecule has 0 unspecified atom stereocenters. The Morgan fingerprint density at radius 3 is 2.06 bits per heavy atom. The summed E-state index contributed by atoms with van der Waals surface area (Å²) in [6, 6.07) is 12.4. The molecule has 2 aromatic rings. The third-order valence-electron chi connectivity index (χ3n) is 7.61. The monoisotopic (exact) mass is 650 g/mol. The van der Waals surface area contributed by atoms with Gasteiger partial charge in [0.2, 0.25) is 17.7 Å². The number of anilines is 1. The van der Waals surface area contributed by atoms with Gasteiger partial charge in [0.1, 0.15) is 6.04 Å². The average molecular weight is 653 g/mol. The standard InChI is InChI=1S/C26H25Br3N2O3/c1-12-8-15(9-13(2)21(12)27)30-24(32)18(10-14-6-4-3-5-7-14)31-25(33)19-16-11-17(20(19)26(31)34)23(29)22(16)28/h3-9,16-20,22-23H,10-11H2,1-2H3,(H,30,32)/t16-,17-,18+,19-,20-,22-,23+/m0/s1. The van der Waals surface area contributed by atoms with Crippen molar-refractivity contribution in [3.8, 4) is 0 Å². The van der Waals surface area contributed by atoms with E-state index in [1.165, 1.54) is 4.90 Å². The van der Waals surface area contributed by atoms with Crippen molar-refractivity contribution in [1.82, 2.24) is 4.90 Å². The summed E-state index contributed by atoms with van der Waals surface area (Å²) < 4.78 is 0.994. The maximum atomic E-state index is 13.7. The predicted molar refractivity (Wildman–Crippen MR) is 142 cm³/mol. The minimum atomic E-state index is -0.904. The van der Waals surface area contributed by atoms with Crippen molar-refractivity contribution >= 4 is 71.2 Å². The molecule has 1 N–H and O–H groups in total. The molecule has 1 saturated heterocycles. The van der Waals surface area contributed by atoms with Gasteiger partial charge < -0.3 is 5.32 Å². The molecule has 3 amide bonds. The van der Waals surface area contributed by atoms with Crippen LogP contribution in [0.5, 0.6) is 0 Å². The number of fused-ring (bicyclic) bond motifs is 5. The number of aryl methyl sites for hydroxylation is 2. The highest BCUT2D eigenvalue weighted by Gasteiger charge is 2.67. The minimum absolute atomic E-state index is 0.109. The number of carbonyl (C=O) groups is 3. The van der Waals surface area contributed by atoms with Gasteiger partial charge in [-0.05, 0) is 60.9 Å². The number of nitrogens with zero attached hydrogens (tertiary/aromatic N) is 1. The maximum Gasteiger partial charge on any atom is 0.248 e. The van der Waals surface area contributed by atoms with Gasteiger partial charge in [0.25, 0.3) is 0 Å². The molecular formula is C26H25Br3N2O3. The zero-order valence-electron chi connectivity index (χ0n) is 18.8. The fourth-order valence-electron chi connectivity index (χ4n) is 6.06. The van der Waals surface area contributed by atoms with Gasteiger partial charge >= 0.3 is 0 Å². The Morgan fingerprint density at radius 1 is 1.00 bits per heavy atom. The molecule has 178 valence electrons. The molecule has 1 aliphatic heterocycles. The number of benzene rings is 2. The van der Waals surface area contributed by atoms with Gasteiger partial charge in [-0.2, -0.15) is 0 Å². The van der Waals surface area contributed by atoms with Crippen LogP contribution in [0, 0.1) is 37.5 Å². The van der Waals surface area contributed by atoms with E-state index >= 15 is 0 Å². The number of likely N-dealkylation sites (tertiary alicyclic amines) is 1. The average Bonchev–Trinajstić information content (AvgIpc) is 3.41. The number of carbonyl (C=O) groups excluding carboxylic acids is 3. The highest BCUT2D eigenvalue weighted by atomic mass is 79.9. The summed E-state index contributed by atoms with van der Waals surface area (Å²) in [6.45, 7) is 3.93. The van der Waals surface area contributed by atoms with Gasteiger partial charge in [0.05, 0.1) is 11.8 Å². The maximum absolute atomic E-state index is 13.7. The SMILES string of the molecule is Cc1cc(NC(=O)[C@@H](Cc2ccccc2)N2C(=O)[C@H]3[C@@H]4C[C@H]([C@@H](Br)[C@H]4Br)[C@@H]3C2=O)cc(C)c1Br. The van der Waals surface area contributed by atoms with Gasteiger partial charge in [-0.25, -0.2) is 0 Å². The number of hydrogen-bond donors (Lipinski definition) is 1. The highest BCUT2D eigenvalue weighted by Crippen LogP contribution is 2.60. The van der Waals surface area contributed by atoms with Crippen LogP contribution in [0.15, 0.2) is 46.9 Å². The second-order valence-corrected chi connectivity index (χ2v) is 12.6. The summed E-state index contributed by atoms with van der Waals surface area (Å²) >= 11 is 11.0. The first kappa shape index (κ1) is 24.2. The van der Waals surface area contributed by atoms with Crippen molar-refractivity contribution < 1.29 is 14.4 Å². The first-order chi connectivity index (χ1) is 16.2. The highest BCUT2D eigenvalue weighted by molar-refractivity contribution is 9.12. The van der Waals surface area contributed by atoms with Crippen molar-refractivity contribution in [3.63, 3.8) is 0 Å². The molecule has 7 atom stereocenters. The van der Waals surface area contributed by atoms with Crippen molar-refractivity contribution in [2.45, 2.75) is 42.4 Å². The topological polar surface area (TPSA) is 66.5 Å². The Balaban J connectivity index is 1.48. The van der Waals surface area contributed by atoms with E-state index in [-0.39, 0.29) is 57.5 Å². The molecule has 2 saturated carbocycles. The molecule has 5 nitrogen and oxygen atoms in total. The van der Waals surface area contributed by atoms with Crippen LogP contribution >= 0.6 is 47.8 Å². The van der Waals surface area contributed by atoms with E-state index in [4.69, 9.17) is 0 Å². The number of alkyl halides is 2. The van der Waals surface area contributed by atoms with Crippen LogP contribution in [0.25, 0.3) is 0 Å². The first-order valence-corrected chi connectivity index (χ1v) is 14.1. The van der Waals surface area contributed by atoms with Crippen molar-refractivity contribution in [2.24, 2.45) is 23.7 Å². The van der Waals surface area contributed by atoms with E-state index in [1.807, 2.05) is 56.3 Å². The zero-order valence-corrected chi connectivity index (χ0v) is 23.6. The first-order valence-electron chi connectivity index (χ1n) is 11.5. The lowest BCUT2D eigenvalue weighted by Gasteiger charge is -2.28. The third-order valence-corrected chi connectivity index (χ3v) is 12.1. The van der Waals surface area contributed by atoms with Crippen LogP contribution < -0.4 is 5.32 Å². The molecule has 2 aliphatic carbocycles. The van der Waals surface area contributed by atoms with Crippen molar-refractivity contribution in [3.05, 3.63) is 63.6 Å². The fourth-order valence-corrected chi connectivity index (χ4v) is 8.16. The van der Waals surface area contributed by atoms with Crippen molar-refractivity contribution in [1.29, 1.82) is 0 Å². The van der Waals surface area contributed by atoms with Crippen LogP contribution in [0.1, 0.15) is 23.1 Å². The van der Waals surface area contributed by atoms with Gasteiger partial charge in [-0.15, -0.1) is 0 Å². The molecule has 5 rings (SSSR count). The van der Waals surface area contributed by atoms with Gasteiger partial charge in [0, 0.05) is 26.2 Å². The Labute approximate surface area is 224 Å². The number of nitrogens with one attached hydrogen (secondary N) is 1. The number of hydrogen-bond acceptors (Lipinski definition) is 3. The van der Waals surface area contributed by atoms with Crippen molar-refractivity contribution in [2.75, 3.05) is 5.32 Å². The number of amides is 3. The van der Waals surface area contributed by atoms with Gasteiger partial charge in [0.15, 0.2) is 0 Å².